The third-order valence-electron chi connectivity index (χ3n) is 4.25. The van der Waals surface area contributed by atoms with Crippen LogP contribution in [0.25, 0.3) is 17.1 Å². The number of aromatic hydroxyl groups is 1. The van der Waals surface area contributed by atoms with Gasteiger partial charge in [0.05, 0.1) is 12.0 Å². The number of aromatic nitrogens is 4. The lowest BCUT2D eigenvalue weighted by molar-refractivity contribution is -0.118. The molecule has 0 radical (unpaired) electrons. The molecule has 154 valence electrons. The highest BCUT2D eigenvalue weighted by atomic mass is 32.2. The first-order valence-corrected chi connectivity index (χ1v) is 10.3. The van der Waals surface area contributed by atoms with Crippen LogP contribution in [0.4, 0.5) is 0 Å². The smallest absolute Gasteiger partial charge is 0.250 e. The van der Waals surface area contributed by atoms with E-state index in [9.17, 15) is 9.90 Å². The second kappa shape index (κ2) is 9.68. The third kappa shape index (κ3) is 4.96. The number of pyridine rings is 1. The Labute approximate surface area is 182 Å². The molecule has 0 saturated carbocycles. The highest BCUT2D eigenvalue weighted by Gasteiger charge is 2.17. The van der Waals surface area contributed by atoms with E-state index in [1.807, 2.05) is 47.0 Å². The van der Waals surface area contributed by atoms with Crippen molar-refractivity contribution in [3.8, 4) is 22.8 Å². The Morgan fingerprint density at radius 1 is 1.03 bits per heavy atom. The number of rotatable bonds is 7. The summed E-state index contributed by atoms with van der Waals surface area (Å²) in [5.41, 5.74) is 4.73. The molecule has 4 rings (SSSR count). The molecule has 9 heteroatoms. The van der Waals surface area contributed by atoms with Gasteiger partial charge >= 0.3 is 0 Å². The van der Waals surface area contributed by atoms with Crippen LogP contribution in [0, 0.1) is 0 Å². The van der Waals surface area contributed by atoms with Gasteiger partial charge < -0.3 is 5.11 Å². The zero-order valence-corrected chi connectivity index (χ0v) is 17.1. The van der Waals surface area contributed by atoms with Gasteiger partial charge in [0.15, 0.2) is 11.0 Å². The number of thioether (sulfide) groups is 1. The maximum atomic E-state index is 12.2. The topological polar surface area (TPSA) is 105 Å². The van der Waals surface area contributed by atoms with Gasteiger partial charge in [0.2, 0.25) is 0 Å². The lowest BCUT2D eigenvalue weighted by Crippen LogP contribution is -2.20. The Morgan fingerprint density at radius 2 is 1.77 bits per heavy atom. The fraction of sp³-hybridized carbons (Fsp3) is 0.0455. The van der Waals surface area contributed by atoms with Crippen LogP contribution >= 0.6 is 11.8 Å². The number of phenolic OH excluding ortho intramolecular Hbond substituents is 1. The number of carbonyl (C=O) groups is 1. The van der Waals surface area contributed by atoms with Crippen molar-refractivity contribution in [3.63, 3.8) is 0 Å². The first-order valence-electron chi connectivity index (χ1n) is 9.36. The Bertz CT molecular complexity index is 1200. The second-order valence-electron chi connectivity index (χ2n) is 6.35. The quantitative estimate of drug-likeness (QED) is 0.265. The number of nitrogens with one attached hydrogen (secondary N) is 1. The van der Waals surface area contributed by atoms with Crippen LogP contribution in [0.5, 0.6) is 5.75 Å². The first kappa shape index (κ1) is 20.3. The summed E-state index contributed by atoms with van der Waals surface area (Å²) < 4.78 is 1.90. The van der Waals surface area contributed by atoms with Crippen LogP contribution < -0.4 is 5.43 Å². The van der Waals surface area contributed by atoms with E-state index in [2.05, 4.69) is 25.7 Å². The Hall–Kier alpha value is -3.98. The Balaban J connectivity index is 1.49. The van der Waals surface area contributed by atoms with Gasteiger partial charge in [-0.2, -0.15) is 5.10 Å². The minimum Gasteiger partial charge on any atom is -0.507 e. The zero-order valence-electron chi connectivity index (χ0n) is 16.3. The molecule has 0 bridgehead atoms. The van der Waals surface area contributed by atoms with Crippen molar-refractivity contribution in [2.45, 2.75) is 5.16 Å². The molecule has 31 heavy (non-hydrogen) atoms. The van der Waals surface area contributed by atoms with E-state index >= 15 is 0 Å². The molecule has 2 heterocycles. The molecule has 0 fully saturated rings. The van der Waals surface area contributed by atoms with E-state index in [1.54, 1.807) is 36.7 Å². The summed E-state index contributed by atoms with van der Waals surface area (Å²) in [6, 6.07) is 20.2. The number of hydrogen-bond acceptors (Lipinski definition) is 7. The summed E-state index contributed by atoms with van der Waals surface area (Å²) in [4.78, 5) is 16.3. The summed E-state index contributed by atoms with van der Waals surface area (Å²) in [5, 5.41) is 22.8. The van der Waals surface area contributed by atoms with Crippen LogP contribution in [-0.2, 0) is 4.79 Å². The maximum Gasteiger partial charge on any atom is 0.250 e. The number of phenols is 1. The molecule has 4 aromatic rings. The van der Waals surface area contributed by atoms with E-state index in [0.717, 1.165) is 11.3 Å². The molecule has 0 unspecified atom stereocenters. The second-order valence-corrected chi connectivity index (χ2v) is 7.30. The Morgan fingerprint density at radius 3 is 2.55 bits per heavy atom. The number of benzene rings is 2. The lowest BCUT2D eigenvalue weighted by atomic mass is 10.2. The van der Waals surface area contributed by atoms with Gasteiger partial charge in [-0.15, -0.1) is 10.2 Å². The van der Waals surface area contributed by atoms with Crippen molar-refractivity contribution >= 4 is 23.9 Å². The molecule has 0 aliphatic carbocycles. The average Bonchev–Trinajstić information content (AvgIpc) is 3.24. The van der Waals surface area contributed by atoms with Crippen molar-refractivity contribution in [1.82, 2.24) is 25.2 Å². The summed E-state index contributed by atoms with van der Waals surface area (Å²) >= 11 is 1.25. The van der Waals surface area contributed by atoms with Crippen LogP contribution in [0.2, 0.25) is 0 Å². The van der Waals surface area contributed by atoms with Crippen molar-refractivity contribution < 1.29 is 9.90 Å². The molecule has 1 amide bonds. The molecule has 8 nitrogen and oxygen atoms in total. The predicted octanol–water partition coefficient (Wildman–Crippen LogP) is 3.28. The van der Waals surface area contributed by atoms with E-state index in [0.29, 0.717) is 16.5 Å². The van der Waals surface area contributed by atoms with Crippen LogP contribution in [-0.4, -0.2) is 42.7 Å². The largest absolute Gasteiger partial charge is 0.507 e. The van der Waals surface area contributed by atoms with Crippen molar-refractivity contribution in [2.24, 2.45) is 5.10 Å². The van der Waals surface area contributed by atoms with Gasteiger partial charge in [0.25, 0.3) is 5.91 Å². The van der Waals surface area contributed by atoms with E-state index in [1.165, 1.54) is 18.0 Å². The summed E-state index contributed by atoms with van der Waals surface area (Å²) in [7, 11) is 0. The molecular weight excluding hydrogens is 412 g/mol. The lowest BCUT2D eigenvalue weighted by Gasteiger charge is -2.10. The van der Waals surface area contributed by atoms with E-state index in [4.69, 9.17) is 0 Å². The number of nitrogens with zero attached hydrogens (tertiary/aromatic N) is 5. The fourth-order valence-corrected chi connectivity index (χ4v) is 3.54. The highest BCUT2D eigenvalue weighted by molar-refractivity contribution is 7.99. The van der Waals surface area contributed by atoms with Crippen LogP contribution in [0.1, 0.15) is 5.56 Å². The predicted molar refractivity (Wildman–Crippen MR) is 119 cm³/mol. The molecule has 2 aromatic carbocycles. The van der Waals surface area contributed by atoms with Crippen LogP contribution in [0.15, 0.2) is 89.4 Å². The number of amides is 1. The molecule has 0 atom stereocenters. The van der Waals surface area contributed by atoms with Crippen molar-refractivity contribution in [2.75, 3.05) is 5.75 Å². The molecule has 0 spiro atoms. The normalized spacial score (nSPS) is 11.0. The number of hydrogen-bond donors (Lipinski definition) is 2. The number of hydrazone groups is 1. The molecular formula is C22H18N6O2S. The summed E-state index contributed by atoms with van der Waals surface area (Å²) in [6.07, 6.45) is 4.79. The number of carbonyl (C=O) groups excluding carboxylic acids is 1. The molecule has 2 N–H and O–H groups in total. The van der Waals surface area contributed by atoms with E-state index in [-0.39, 0.29) is 17.4 Å². The SMILES string of the molecule is O=C(CSc1nnc(-c2ccncc2)n1-c1ccccc1)N/N=C\c1ccccc1O. The van der Waals surface area contributed by atoms with Gasteiger partial charge in [0, 0.05) is 29.2 Å². The standard InChI is InChI=1S/C22H18N6O2S/c29-19-9-5-4-6-17(19)14-24-25-20(30)15-31-22-27-26-21(16-10-12-23-13-11-16)28(22)18-7-2-1-3-8-18/h1-14,29H,15H2,(H,25,30)/b24-14-. The van der Waals surface area contributed by atoms with Gasteiger partial charge in [-0.1, -0.05) is 42.1 Å². The number of para-hydroxylation sites is 2. The zero-order chi connectivity index (χ0) is 21.5. The fourth-order valence-electron chi connectivity index (χ4n) is 2.79. The van der Waals surface area contributed by atoms with Gasteiger partial charge in [-0.25, -0.2) is 5.43 Å². The summed E-state index contributed by atoms with van der Waals surface area (Å²) in [5.74, 6) is 0.549. The highest BCUT2D eigenvalue weighted by Crippen LogP contribution is 2.27. The van der Waals surface area contributed by atoms with E-state index < -0.39 is 0 Å². The van der Waals surface area contributed by atoms with Gasteiger partial charge in [-0.05, 0) is 36.4 Å². The van der Waals surface area contributed by atoms with Gasteiger partial charge in [0.1, 0.15) is 5.75 Å². The molecule has 0 aliphatic heterocycles. The van der Waals surface area contributed by atoms with Crippen LogP contribution in [0.3, 0.4) is 0 Å². The summed E-state index contributed by atoms with van der Waals surface area (Å²) in [6.45, 7) is 0. The third-order valence-corrected chi connectivity index (χ3v) is 5.18. The monoisotopic (exact) mass is 430 g/mol. The molecule has 2 aromatic heterocycles. The Kier molecular flexibility index (Phi) is 6.34. The maximum absolute atomic E-state index is 12.2. The molecule has 0 aliphatic rings. The van der Waals surface area contributed by atoms with Gasteiger partial charge in [-0.3, -0.25) is 14.3 Å². The average molecular weight is 430 g/mol. The minimum absolute atomic E-state index is 0.0921. The first-order chi connectivity index (χ1) is 15.2. The van der Waals surface area contributed by atoms with Crippen molar-refractivity contribution in [1.29, 1.82) is 0 Å². The van der Waals surface area contributed by atoms with Crippen molar-refractivity contribution in [3.05, 3.63) is 84.7 Å². The minimum atomic E-state index is -0.301. The molecule has 0 saturated heterocycles.